The summed E-state index contributed by atoms with van der Waals surface area (Å²) in [6, 6.07) is 0. The maximum Gasteiger partial charge on any atom is 0.312 e. The number of aliphatic hydroxyl groups is 1. The van der Waals surface area contributed by atoms with Gasteiger partial charge >= 0.3 is 30.0 Å². The van der Waals surface area contributed by atoms with Gasteiger partial charge in [-0.3, -0.25) is 23.7 Å². The highest BCUT2D eigenvalue weighted by Crippen LogP contribution is 2.38. The van der Waals surface area contributed by atoms with Gasteiger partial charge < -0.3 is 34.5 Å². The van der Waals surface area contributed by atoms with Crippen molar-refractivity contribution in [2.45, 2.75) is 121 Å². The van der Waals surface area contributed by atoms with Gasteiger partial charge in [-0.2, -0.15) is 14.4 Å². The molecule has 3 N–H and O–H groups in total. The summed E-state index contributed by atoms with van der Waals surface area (Å²) in [6.45, 7) is 2.93. The smallest absolute Gasteiger partial charge is 0.312 e. The zero-order valence-corrected chi connectivity index (χ0v) is 28.1. The molecule has 16 heteroatoms. The Labute approximate surface area is 284 Å². The van der Waals surface area contributed by atoms with Gasteiger partial charge in [0.2, 0.25) is 0 Å². The number of nitrogen functional groups attached to an aromatic ring is 1. The molecular formula is C33H46FN5O10. The summed E-state index contributed by atoms with van der Waals surface area (Å²) in [7, 11) is 0. The molecule has 0 spiro atoms. The Morgan fingerprint density at radius 3 is 2.16 bits per heavy atom. The van der Waals surface area contributed by atoms with E-state index in [1.165, 1.54) is 10.9 Å². The molecule has 270 valence electrons. The van der Waals surface area contributed by atoms with Crippen molar-refractivity contribution in [1.29, 1.82) is 0 Å². The van der Waals surface area contributed by atoms with Crippen molar-refractivity contribution in [3.05, 3.63) is 12.4 Å². The van der Waals surface area contributed by atoms with Gasteiger partial charge in [-0.15, -0.1) is 6.42 Å². The van der Waals surface area contributed by atoms with Gasteiger partial charge in [0.1, 0.15) is 32.2 Å². The Morgan fingerprint density at radius 1 is 0.980 bits per heavy atom. The largest absolute Gasteiger partial charge is 0.462 e. The summed E-state index contributed by atoms with van der Waals surface area (Å²) in [6.07, 6.45) is 9.23. The van der Waals surface area contributed by atoms with E-state index in [2.05, 4.69) is 34.7 Å². The van der Waals surface area contributed by atoms with Gasteiger partial charge in [0.15, 0.2) is 28.7 Å². The monoisotopic (exact) mass is 691 g/mol. The van der Waals surface area contributed by atoms with E-state index in [1.54, 1.807) is 0 Å². The number of hydrogen-bond donors (Lipinski definition) is 2. The quantitative estimate of drug-likeness (QED) is 0.0633. The molecule has 15 nitrogen and oxygen atoms in total. The van der Waals surface area contributed by atoms with Crippen molar-refractivity contribution >= 4 is 40.9 Å². The maximum absolute atomic E-state index is 13.8. The number of anilines is 1. The van der Waals surface area contributed by atoms with E-state index in [-0.39, 0.29) is 49.5 Å². The van der Waals surface area contributed by atoms with Crippen LogP contribution >= 0.6 is 0 Å². The van der Waals surface area contributed by atoms with Crippen LogP contribution in [-0.4, -0.2) is 86.1 Å². The van der Waals surface area contributed by atoms with Crippen molar-refractivity contribution < 1.29 is 52.4 Å². The first-order chi connectivity index (χ1) is 23.5. The van der Waals surface area contributed by atoms with Crippen LogP contribution in [0.3, 0.4) is 0 Å². The Morgan fingerprint density at radius 2 is 1.57 bits per heavy atom. The van der Waals surface area contributed by atoms with Crippen LogP contribution in [0.15, 0.2) is 6.33 Å². The zero-order chi connectivity index (χ0) is 35.8. The normalized spacial score (nSPS) is 18.7. The molecule has 1 aliphatic heterocycles. The lowest BCUT2D eigenvalue weighted by molar-refractivity contribution is -0.168. The number of ether oxygens (including phenoxy) is 5. The molecule has 1 saturated heterocycles. The minimum Gasteiger partial charge on any atom is -0.462 e. The van der Waals surface area contributed by atoms with Crippen molar-refractivity contribution in [1.82, 2.24) is 19.5 Å². The molecule has 0 radical (unpaired) electrons. The first kappa shape index (κ1) is 39.1. The van der Waals surface area contributed by atoms with Gasteiger partial charge in [-0.05, 0) is 12.8 Å². The molecule has 0 saturated carbocycles. The minimum absolute atomic E-state index is 0.0207. The summed E-state index contributed by atoms with van der Waals surface area (Å²) >= 11 is 0. The fraction of sp³-hybridized carbons (Fsp3) is 0.667. The number of rotatable bonds is 21. The molecule has 0 aromatic carbocycles. The minimum atomic E-state index is -1.76. The molecule has 0 bridgehead atoms. The molecule has 3 heterocycles. The highest BCUT2D eigenvalue weighted by molar-refractivity contribution is 5.81. The molecule has 3 atom stereocenters. The number of terminal acetylenes is 1. The SMILES string of the molecule is C#C[C@]1(COC(=O)CCC(=O)OC(COC(=O)CCCCCC)COC(=O)CCCCCC)OC(n2cnc3c(N)nc(F)nc32)C[C@@H]1O. The lowest BCUT2D eigenvalue weighted by atomic mass is 9.99. The summed E-state index contributed by atoms with van der Waals surface area (Å²) in [4.78, 5) is 60.8. The second kappa shape index (κ2) is 19.6. The summed E-state index contributed by atoms with van der Waals surface area (Å²) in [5.74, 6) is -0.423. The second-order valence-electron chi connectivity index (χ2n) is 11.8. The molecule has 1 unspecified atom stereocenters. The fourth-order valence-corrected chi connectivity index (χ4v) is 5.08. The molecule has 2 aromatic rings. The average Bonchev–Trinajstić information content (AvgIpc) is 3.65. The number of imidazole rings is 1. The first-order valence-corrected chi connectivity index (χ1v) is 16.7. The third kappa shape index (κ3) is 11.9. The number of hydrogen-bond acceptors (Lipinski definition) is 14. The van der Waals surface area contributed by atoms with Crippen LogP contribution in [0.2, 0.25) is 0 Å². The number of nitrogens with two attached hydrogens (primary N) is 1. The fourth-order valence-electron chi connectivity index (χ4n) is 5.08. The highest BCUT2D eigenvalue weighted by atomic mass is 19.1. The number of nitrogens with zero attached hydrogens (tertiary/aromatic N) is 4. The highest BCUT2D eigenvalue weighted by Gasteiger charge is 2.49. The Bertz CT molecular complexity index is 1440. The molecule has 49 heavy (non-hydrogen) atoms. The van der Waals surface area contributed by atoms with Gasteiger partial charge in [-0.1, -0.05) is 58.3 Å². The van der Waals surface area contributed by atoms with Crippen LogP contribution < -0.4 is 5.73 Å². The number of carbonyl (C=O) groups excluding carboxylic acids is 4. The zero-order valence-electron chi connectivity index (χ0n) is 28.1. The van der Waals surface area contributed by atoms with Crippen LogP contribution in [0.1, 0.15) is 104 Å². The van der Waals surface area contributed by atoms with Crippen LogP contribution in [0.5, 0.6) is 0 Å². The third-order valence-electron chi connectivity index (χ3n) is 7.89. The van der Waals surface area contributed by atoms with E-state index >= 15 is 0 Å². The molecule has 3 rings (SSSR count). The first-order valence-electron chi connectivity index (χ1n) is 16.7. The molecule has 0 amide bonds. The van der Waals surface area contributed by atoms with E-state index in [1.807, 2.05) is 0 Å². The van der Waals surface area contributed by atoms with E-state index in [9.17, 15) is 28.7 Å². The standard InChI is InChI=1S/C33H46FN5O10/c1-4-7-9-11-13-25(41)45-18-22(19-46-26(42)14-12-10-8-5-2)48-28(44)16-15-27(43)47-20-33(6-3)23(40)17-24(49-33)39-21-36-29-30(35)37-32(34)38-31(29)39/h3,21-24,40H,4-5,7-20H2,1-2H3,(H2,35,37,38)/t23-,24?,33+/m0/s1. The van der Waals surface area contributed by atoms with Crippen molar-refractivity contribution in [3.63, 3.8) is 0 Å². The average molecular weight is 692 g/mol. The molecular weight excluding hydrogens is 645 g/mol. The second-order valence-corrected chi connectivity index (χ2v) is 11.8. The molecule has 1 aliphatic rings. The molecule has 2 aromatic heterocycles. The number of aromatic nitrogens is 4. The van der Waals surface area contributed by atoms with Crippen LogP contribution in [0.4, 0.5) is 10.2 Å². The van der Waals surface area contributed by atoms with Crippen LogP contribution in [0, 0.1) is 18.4 Å². The Hall–Kier alpha value is -4.36. The third-order valence-corrected chi connectivity index (χ3v) is 7.89. The lowest BCUT2D eigenvalue weighted by Crippen LogP contribution is -2.43. The summed E-state index contributed by atoms with van der Waals surface area (Å²) in [5.41, 5.74) is 4.10. The number of fused-ring (bicyclic) bond motifs is 1. The van der Waals surface area contributed by atoms with E-state index in [0.717, 1.165) is 38.5 Å². The molecule has 1 fully saturated rings. The van der Waals surface area contributed by atoms with Gasteiger partial charge in [0.05, 0.1) is 19.2 Å². The number of carbonyl (C=O) groups is 4. The Kier molecular flexibility index (Phi) is 15.6. The van der Waals surface area contributed by atoms with Crippen LogP contribution in [-0.2, 0) is 42.9 Å². The van der Waals surface area contributed by atoms with E-state index in [0.29, 0.717) is 12.8 Å². The summed E-state index contributed by atoms with van der Waals surface area (Å²) in [5, 5.41) is 10.8. The maximum atomic E-state index is 13.8. The number of aliphatic hydroxyl groups excluding tert-OH is 1. The topological polar surface area (TPSA) is 204 Å². The van der Waals surface area contributed by atoms with Crippen LogP contribution in [0.25, 0.3) is 11.2 Å². The van der Waals surface area contributed by atoms with Gasteiger partial charge in [-0.25, -0.2) is 4.98 Å². The number of halogens is 1. The lowest BCUT2D eigenvalue weighted by Gasteiger charge is -2.26. The number of unbranched alkanes of at least 4 members (excludes halogenated alkanes) is 6. The predicted octanol–water partition coefficient (Wildman–Crippen LogP) is 3.46. The van der Waals surface area contributed by atoms with E-state index in [4.69, 9.17) is 35.8 Å². The van der Waals surface area contributed by atoms with Crippen molar-refractivity contribution in [2.75, 3.05) is 25.6 Å². The van der Waals surface area contributed by atoms with Crippen molar-refractivity contribution in [2.24, 2.45) is 0 Å². The Balaban J connectivity index is 1.50. The van der Waals surface area contributed by atoms with Crippen molar-refractivity contribution in [3.8, 4) is 12.3 Å². The van der Waals surface area contributed by atoms with E-state index < -0.39 is 73.4 Å². The summed E-state index contributed by atoms with van der Waals surface area (Å²) < 4.78 is 42.2. The number of esters is 4. The predicted molar refractivity (Wildman–Crippen MR) is 172 cm³/mol. The van der Waals surface area contributed by atoms with Gasteiger partial charge in [0.25, 0.3) is 0 Å². The molecule has 0 aliphatic carbocycles. The van der Waals surface area contributed by atoms with Gasteiger partial charge in [0, 0.05) is 19.3 Å².